The van der Waals surface area contributed by atoms with Gasteiger partial charge in [-0.3, -0.25) is 0 Å². The first-order valence-electron chi connectivity index (χ1n) is 5.12. The van der Waals surface area contributed by atoms with Crippen molar-refractivity contribution >= 4 is 0 Å². The van der Waals surface area contributed by atoms with Gasteiger partial charge >= 0.3 is 0 Å². The molecule has 0 aliphatic heterocycles. The Bertz CT molecular complexity index is 138. The predicted molar refractivity (Wildman–Crippen MR) is 53.9 cm³/mol. The lowest BCUT2D eigenvalue weighted by Crippen LogP contribution is -2.29. The van der Waals surface area contributed by atoms with E-state index in [1.165, 1.54) is 25.7 Å². The van der Waals surface area contributed by atoms with Crippen molar-refractivity contribution < 1.29 is 0 Å². The van der Waals surface area contributed by atoms with Crippen molar-refractivity contribution in [1.29, 1.82) is 0 Å². The summed E-state index contributed by atoms with van der Waals surface area (Å²) in [5, 5.41) is 0. The van der Waals surface area contributed by atoms with E-state index < -0.39 is 0 Å². The Labute approximate surface area is 76.0 Å². The van der Waals surface area contributed by atoms with E-state index in [0.717, 1.165) is 18.3 Å². The van der Waals surface area contributed by atoms with Gasteiger partial charge in [0.15, 0.2) is 0 Å². The third-order valence-electron chi connectivity index (χ3n) is 2.99. The van der Waals surface area contributed by atoms with Gasteiger partial charge in [0.1, 0.15) is 0 Å². The summed E-state index contributed by atoms with van der Waals surface area (Å²) in [6.07, 6.45) is 8.30. The molecule has 0 saturated heterocycles. The highest BCUT2D eigenvalue weighted by atomic mass is 14.7. The number of nitrogens with two attached hydrogens (primary N) is 1. The van der Waals surface area contributed by atoms with Crippen LogP contribution in [0.1, 0.15) is 39.0 Å². The van der Waals surface area contributed by atoms with E-state index in [0.29, 0.717) is 6.04 Å². The summed E-state index contributed by atoms with van der Waals surface area (Å²) in [6, 6.07) is 0.428. The van der Waals surface area contributed by atoms with Gasteiger partial charge in [-0.25, -0.2) is 0 Å². The fraction of sp³-hybridized carbons (Fsp3) is 0.818. The summed E-state index contributed by atoms with van der Waals surface area (Å²) in [5.41, 5.74) is 6.06. The first-order valence-corrected chi connectivity index (χ1v) is 5.12. The SMILES string of the molecule is C=CCCCC(N)C(C)C1CC1. The lowest BCUT2D eigenvalue weighted by Gasteiger charge is -2.18. The first-order chi connectivity index (χ1) is 5.75. The maximum Gasteiger partial charge on any atom is 0.00672 e. The smallest absolute Gasteiger partial charge is 0.00672 e. The van der Waals surface area contributed by atoms with Crippen molar-refractivity contribution in [2.24, 2.45) is 17.6 Å². The number of hydrogen-bond donors (Lipinski definition) is 1. The molecule has 1 fully saturated rings. The lowest BCUT2D eigenvalue weighted by atomic mass is 9.93. The van der Waals surface area contributed by atoms with Gasteiger partial charge in [0, 0.05) is 6.04 Å². The van der Waals surface area contributed by atoms with Crippen LogP contribution in [0.25, 0.3) is 0 Å². The Hall–Kier alpha value is -0.300. The second-order valence-electron chi connectivity index (χ2n) is 4.08. The third-order valence-corrected chi connectivity index (χ3v) is 2.99. The average molecular weight is 167 g/mol. The zero-order valence-corrected chi connectivity index (χ0v) is 8.13. The average Bonchev–Trinajstić information content (AvgIpc) is 2.86. The van der Waals surface area contributed by atoms with Crippen LogP contribution in [0.5, 0.6) is 0 Å². The van der Waals surface area contributed by atoms with E-state index in [2.05, 4.69) is 13.5 Å². The van der Waals surface area contributed by atoms with E-state index in [9.17, 15) is 0 Å². The largest absolute Gasteiger partial charge is 0.327 e. The Balaban J connectivity index is 2.08. The van der Waals surface area contributed by atoms with Crippen LogP contribution in [0.2, 0.25) is 0 Å². The highest BCUT2D eigenvalue weighted by molar-refractivity contribution is 4.85. The lowest BCUT2D eigenvalue weighted by molar-refractivity contribution is 0.381. The Morgan fingerprint density at radius 2 is 2.25 bits per heavy atom. The summed E-state index contributed by atoms with van der Waals surface area (Å²) in [6.45, 7) is 6.01. The van der Waals surface area contributed by atoms with Crippen LogP contribution in [-0.2, 0) is 0 Å². The molecule has 1 heteroatoms. The molecular formula is C11H21N. The fourth-order valence-electron chi connectivity index (χ4n) is 1.73. The van der Waals surface area contributed by atoms with Crippen LogP contribution in [-0.4, -0.2) is 6.04 Å². The molecule has 0 aromatic heterocycles. The molecule has 70 valence electrons. The van der Waals surface area contributed by atoms with Gasteiger partial charge in [0.2, 0.25) is 0 Å². The number of allylic oxidation sites excluding steroid dienone is 1. The molecule has 1 nitrogen and oxygen atoms in total. The standard InChI is InChI=1S/C11H21N/c1-3-4-5-6-11(12)9(2)10-7-8-10/h3,9-11H,1,4-8,12H2,2H3. The molecule has 2 atom stereocenters. The van der Waals surface area contributed by atoms with Crippen molar-refractivity contribution in [3.63, 3.8) is 0 Å². The topological polar surface area (TPSA) is 26.0 Å². The Morgan fingerprint density at radius 1 is 1.58 bits per heavy atom. The van der Waals surface area contributed by atoms with Crippen LogP contribution >= 0.6 is 0 Å². The van der Waals surface area contributed by atoms with Crippen LogP contribution in [0.15, 0.2) is 12.7 Å². The molecule has 1 aliphatic rings. The summed E-state index contributed by atoms with van der Waals surface area (Å²) in [4.78, 5) is 0. The van der Waals surface area contributed by atoms with Crippen LogP contribution in [0.4, 0.5) is 0 Å². The maximum absolute atomic E-state index is 6.06. The molecule has 12 heavy (non-hydrogen) atoms. The molecule has 1 aliphatic carbocycles. The molecule has 1 rings (SSSR count). The van der Waals surface area contributed by atoms with Gasteiger partial charge in [0.05, 0.1) is 0 Å². The zero-order valence-electron chi connectivity index (χ0n) is 8.13. The molecule has 2 N–H and O–H groups in total. The summed E-state index contributed by atoms with van der Waals surface area (Å²) < 4.78 is 0. The van der Waals surface area contributed by atoms with Gasteiger partial charge in [-0.15, -0.1) is 6.58 Å². The molecule has 0 radical (unpaired) electrons. The first kappa shape index (κ1) is 9.79. The minimum absolute atomic E-state index is 0.428. The molecule has 0 amide bonds. The number of hydrogen-bond acceptors (Lipinski definition) is 1. The zero-order chi connectivity index (χ0) is 8.97. The van der Waals surface area contributed by atoms with Gasteiger partial charge in [-0.05, 0) is 43.9 Å². The van der Waals surface area contributed by atoms with Crippen molar-refractivity contribution in [2.75, 3.05) is 0 Å². The molecule has 1 saturated carbocycles. The molecule has 2 unspecified atom stereocenters. The number of rotatable bonds is 6. The van der Waals surface area contributed by atoms with Gasteiger partial charge < -0.3 is 5.73 Å². The van der Waals surface area contributed by atoms with E-state index in [-0.39, 0.29) is 0 Å². The normalized spacial score (nSPS) is 21.8. The minimum Gasteiger partial charge on any atom is -0.327 e. The predicted octanol–water partition coefficient (Wildman–Crippen LogP) is 2.72. The van der Waals surface area contributed by atoms with Crippen LogP contribution in [0, 0.1) is 11.8 Å². The molecule has 0 aromatic carbocycles. The number of unbranched alkanes of at least 4 members (excludes halogenated alkanes) is 1. The molecule has 0 bridgehead atoms. The van der Waals surface area contributed by atoms with E-state index in [1.807, 2.05) is 6.08 Å². The summed E-state index contributed by atoms with van der Waals surface area (Å²) in [7, 11) is 0. The van der Waals surface area contributed by atoms with Crippen molar-refractivity contribution in [3.8, 4) is 0 Å². The van der Waals surface area contributed by atoms with Gasteiger partial charge in [-0.2, -0.15) is 0 Å². The molecule has 0 spiro atoms. The van der Waals surface area contributed by atoms with Gasteiger partial charge in [0.25, 0.3) is 0 Å². The van der Waals surface area contributed by atoms with E-state index in [4.69, 9.17) is 5.73 Å². The Morgan fingerprint density at radius 3 is 2.75 bits per heavy atom. The monoisotopic (exact) mass is 167 g/mol. The van der Waals surface area contributed by atoms with Crippen molar-refractivity contribution in [2.45, 2.75) is 45.1 Å². The highest BCUT2D eigenvalue weighted by Crippen LogP contribution is 2.38. The van der Waals surface area contributed by atoms with Crippen molar-refractivity contribution in [3.05, 3.63) is 12.7 Å². The highest BCUT2D eigenvalue weighted by Gasteiger charge is 2.31. The third kappa shape index (κ3) is 2.98. The van der Waals surface area contributed by atoms with Crippen LogP contribution < -0.4 is 5.73 Å². The quantitative estimate of drug-likeness (QED) is 0.478. The second kappa shape index (κ2) is 4.66. The minimum atomic E-state index is 0.428. The molecular weight excluding hydrogens is 146 g/mol. The maximum atomic E-state index is 6.06. The molecule has 0 aromatic rings. The molecule has 0 heterocycles. The Kier molecular flexibility index (Phi) is 3.80. The van der Waals surface area contributed by atoms with Crippen molar-refractivity contribution in [1.82, 2.24) is 0 Å². The van der Waals surface area contributed by atoms with Gasteiger partial charge in [-0.1, -0.05) is 13.0 Å². The van der Waals surface area contributed by atoms with E-state index >= 15 is 0 Å². The second-order valence-corrected chi connectivity index (χ2v) is 4.08. The summed E-state index contributed by atoms with van der Waals surface area (Å²) >= 11 is 0. The summed E-state index contributed by atoms with van der Waals surface area (Å²) in [5.74, 6) is 1.69. The fourth-order valence-corrected chi connectivity index (χ4v) is 1.73. The van der Waals surface area contributed by atoms with Crippen LogP contribution in [0.3, 0.4) is 0 Å². The van der Waals surface area contributed by atoms with E-state index in [1.54, 1.807) is 0 Å².